The zero-order valence-corrected chi connectivity index (χ0v) is 34.6. The molecule has 1 aliphatic carbocycles. The van der Waals surface area contributed by atoms with Crippen molar-refractivity contribution >= 4 is 49.2 Å². The van der Waals surface area contributed by atoms with Crippen molar-refractivity contribution in [3.8, 4) is 56.5 Å². The molecule has 0 bridgehead atoms. The Labute approximate surface area is 364 Å². The maximum atomic E-state index is 5.03. The molecule has 0 amide bonds. The quantitative estimate of drug-likeness (QED) is 0.161. The molecule has 0 N–H and O–H groups in total. The van der Waals surface area contributed by atoms with Crippen molar-refractivity contribution in [1.29, 1.82) is 0 Å². The fraction of sp³-hybridized carbons (Fsp3) is 0.0526. The van der Waals surface area contributed by atoms with Gasteiger partial charge in [0.25, 0.3) is 0 Å². The van der Waals surface area contributed by atoms with Gasteiger partial charge >= 0.3 is 0 Å². The number of para-hydroxylation sites is 3. The Hall–Kier alpha value is -8.22. The number of pyridine rings is 1. The van der Waals surface area contributed by atoms with Crippen molar-refractivity contribution < 1.29 is 0 Å². The van der Waals surface area contributed by atoms with Crippen LogP contribution >= 0.6 is 0 Å². The van der Waals surface area contributed by atoms with Crippen LogP contribution in [0.3, 0.4) is 0 Å². The van der Waals surface area contributed by atoms with Crippen molar-refractivity contribution in [3.63, 3.8) is 0 Å². The number of allylic oxidation sites excluding steroid dienone is 4. The first kappa shape index (κ1) is 36.6. The normalized spacial score (nSPS) is 13.9. The molecule has 0 saturated heterocycles. The van der Waals surface area contributed by atoms with Gasteiger partial charge in [-0.15, -0.1) is 0 Å². The standard InChI is InChI=1S/C57H40N6/c1-37-14-12-17-42(34-37)56-59-55(39-15-4-2-5-16-39)60-57(61-56)49-36-41(32-33-58-49)40-28-31-52-48(35-40)46-20-8-10-23-50(46)62(52)44-29-26-38(27-30-44)45-22-13-25-53-54(45)47-21-9-11-24-51(47)63(53)43-18-6-3-7-19-43/h2-33,35-37H,34H2,1H3. The van der Waals surface area contributed by atoms with Crippen molar-refractivity contribution in [2.75, 3.05) is 0 Å². The van der Waals surface area contributed by atoms with E-state index in [0.29, 0.717) is 29.1 Å². The van der Waals surface area contributed by atoms with Gasteiger partial charge < -0.3 is 9.13 Å². The smallest absolute Gasteiger partial charge is 0.182 e. The van der Waals surface area contributed by atoms with Crippen LogP contribution in [0.25, 0.3) is 106 Å². The minimum absolute atomic E-state index is 0.410. The highest BCUT2D eigenvalue weighted by molar-refractivity contribution is 6.16. The largest absolute Gasteiger partial charge is 0.309 e. The molecule has 298 valence electrons. The molecule has 1 atom stereocenters. The molecule has 63 heavy (non-hydrogen) atoms. The molecule has 1 aliphatic rings. The summed E-state index contributed by atoms with van der Waals surface area (Å²) in [6, 6.07) is 64.8. The van der Waals surface area contributed by atoms with Gasteiger partial charge in [-0.1, -0.05) is 140 Å². The third-order valence-electron chi connectivity index (χ3n) is 12.4. The summed E-state index contributed by atoms with van der Waals surface area (Å²) in [5, 5.41) is 4.89. The van der Waals surface area contributed by atoms with E-state index < -0.39 is 0 Å². The molecule has 1 unspecified atom stereocenters. The molecule has 12 rings (SSSR count). The van der Waals surface area contributed by atoms with Crippen LogP contribution in [0.5, 0.6) is 0 Å². The first-order valence-corrected chi connectivity index (χ1v) is 21.5. The van der Waals surface area contributed by atoms with Gasteiger partial charge in [0.15, 0.2) is 17.5 Å². The molecular formula is C57H40N6. The average molecular weight is 809 g/mol. The SMILES string of the molecule is CC1C=CC=C(c2nc(-c3ccccc3)nc(-c3cc(-c4ccc5c(c4)c4ccccc4n5-c4ccc(-c5cccc6c5c5ccccc5n6-c5ccccc5)cc4)ccn3)n2)C1. The van der Waals surface area contributed by atoms with E-state index >= 15 is 0 Å². The Kier molecular flexibility index (Phi) is 8.75. The van der Waals surface area contributed by atoms with Gasteiger partial charge in [-0.3, -0.25) is 4.98 Å². The summed E-state index contributed by atoms with van der Waals surface area (Å²) in [4.78, 5) is 19.8. The van der Waals surface area contributed by atoms with Crippen LogP contribution in [0.1, 0.15) is 19.2 Å². The Bertz CT molecular complexity index is 3600. The number of hydrogen-bond donors (Lipinski definition) is 0. The molecule has 11 aromatic rings. The highest BCUT2D eigenvalue weighted by Gasteiger charge is 2.20. The van der Waals surface area contributed by atoms with E-state index in [1.54, 1.807) is 0 Å². The number of fused-ring (bicyclic) bond motifs is 6. The summed E-state index contributed by atoms with van der Waals surface area (Å²) in [7, 11) is 0. The summed E-state index contributed by atoms with van der Waals surface area (Å²) in [6.07, 6.45) is 9.16. The Morgan fingerprint density at radius 1 is 0.460 bits per heavy atom. The van der Waals surface area contributed by atoms with Gasteiger partial charge in [0.2, 0.25) is 0 Å². The molecule has 0 saturated carbocycles. The van der Waals surface area contributed by atoms with Gasteiger partial charge in [0.1, 0.15) is 5.69 Å². The van der Waals surface area contributed by atoms with Crippen molar-refractivity contribution in [2.24, 2.45) is 5.92 Å². The van der Waals surface area contributed by atoms with Gasteiger partial charge in [0.05, 0.1) is 22.1 Å². The fourth-order valence-electron chi connectivity index (χ4n) is 9.43. The van der Waals surface area contributed by atoms with Crippen LogP contribution in [0, 0.1) is 5.92 Å². The van der Waals surface area contributed by atoms with Crippen molar-refractivity contribution in [1.82, 2.24) is 29.1 Å². The van der Waals surface area contributed by atoms with Crippen LogP contribution in [0.15, 0.2) is 206 Å². The zero-order valence-electron chi connectivity index (χ0n) is 34.6. The number of nitrogens with zero attached hydrogens (tertiary/aromatic N) is 6. The van der Waals surface area contributed by atoms with Crippen LogP contribution in [-0.4, -0.2) is 29.1 Å². The van der Waals surface area contributed by atoms with Gasteiger partial charge in [0, 0.05) is 44.7 Å². The predicted octanol–water partition coefficient (Wildman–Crippen LogP) is 14.1. The predicted molar refractivity (Wildman–Crippen MR) is 259 cm³/mol. The van der Waals surface area contributed by atoms with Gasteiger partial charge in [-0.05, 0) is 107 Å². The van der Waals surface area contributed by atoms with E-state index in [2.05, 4.69) is 186 Å². The van der Waals surface area contributed by atoms with Crippen LogP contribution in [0.2, 0.25) is 0 Å². The number of rotatable bonds is 7. The minimum Gasteiger partial charge on any atom is -0.309 e. The molecule has 0 spiro atoms. The van der Waals surface area contributed by atoms with E-state index in [1.807, 2.05) is 36.5 Å². The lowest BCUT2D eigenvalue weighted by Gasteiger charge is -2.15. The van der Waals surface area contributed by atoms with Crippen LogP contribution in [-0.2, 0) is 0 Å². The second kappa shape index (κ2) is 15.0. The van der Waals surface area contributed by atoms with Crippen molar-refractivity contribution in [2.45, 2.75) is 13.3 Å². The third kappa shape index (κ3) is 6.34. The van der Waals surface area contributed by atoms with Gasteiger partial charge in [-0.2, -0.15) is 0 Å². The lowest BCUT2D eigenvalue weighted by atomic mass is 9.95. The van der Waals surface area contributed by atoms with Crippen LogP contribution in [0.4, 0.5) is 0 Å². The molecule has 0 fully saturated rings. The first-order valence-electron chi connectivity index (χ1n) is 21.5. The molecule has 0 aliphatic heterocycles. The Morgan fingerprint density at radius 3 is 1.89 bits per heavy atom. The topological polar surface area (TPSA) is 61.4 Å². The van der Waals surface area contributed by atoms with Gasteiger partial charge in [-0.25, -0.2) is 15.0 Å². The molecular weight excluding hydrogens is 769 g/mol. The molecule has 6 heteroatoms. The lowest BCUT2D eigenvalue weighted by molar-refractivity contribution is 0.742. The van der Waals surface area contributed by atoms with E-state index in [0.717, 1.165) is 51.1 Å². The maximum Gasteiger partial charge on any atom is 0.182 e. The Morgan fingerprint density at radius 2 is 1.08 bits per heavy atom. The average Bonchev–Trinajstić information content (AvgIpc) is 3.87. The fourth-order valence-corrected chi connectivity index (χ4v) is 9.43. The molecule has 0 radical (unpaired) electrons. The van der Waals surface area contributed by atoms with E-state index in [-0.39, 0.29) is 0 Å². The molecule has 6 nitrogen and oxygen atoms in total. The summed E-state index contributed by atoms with van der Waals surface area (Å²) in [5.74, 6) is 2.30. The summed E-state index contributed by atoms with van der Waals surface area (Å²) < 4.78 is 4.76. The molecule has 4 aromatic heterocycles. The number of benzene rings is 7. The first-order chi connectivity index (χ1) is 31.1. The third-order valence-corrected chi connectivity index (χ3v) is 12.4. The second-order valence-corrected chi connectivity index (χ2v) is 16.4. The lowest BCUT2D eigenvalue weighted by Crippen LogP contribution is -2.06. The van der Waals surface area contributed by atoms with E-state index in [9.17, 15) is 0 Å². The van der Waals surface area contributed by atoms with Crippen molar-refractivity contribution in [3.05, 3.63) is 212 Å². The monoisotopic (exact) mass is 808 g/mol. The summed E-state index contributed by atoms with van der Waals surface area (Å²) in [6.45, 7) is 2.22. The van der Waals surface area contributed by atoms with E-state index in [4.69, 9.17) is 19.9 Å². The summed E-state index contributed by atoms with van der Waals surface area (Å²) in [5.41, 5.74) is 14.3. The summed E-state index contributed by atoms with van der Waals surface area (Å²) >= 11 is 0. The molecule has 4 heterocycles. The minimum atomic E-state index is 0.410. The van der Waals surface area contributed by atoms with E-state index in [1.165, 1.54) is 43.7 Å². The molecule has 7 aromatic carbocycles. The number of hydrogen-bond acceptors (Lipinski definition) is 4. The number of aromatic nitrogens is 6. The zero-order chi connectivity index (χ0) is 41.9. The second-order valence-electron chi connectivity index (χ2n) is 16.4. The van der Waals surface area contributed by atoms with Crippen LogP contribution < -0.4 is 0 Å². The highest BCUT2D eigenvalue weighted by atomic mass is 15.0. The highest BCUT2D eigenvalue weighted by Crippen LogP contribution is 2.40. The Balaban J connectivity index is 0.933. The maximum absolute atomic E-state index is 5.03.